The molecule has 0 heterocycles. The van der Waals surface area contributed by atoms with Crippen LogP contribution in [-0.4, -0.2) is 5.11 Å². The molecule has 0 radical (unpaired) electrons. The Labute approximate surface area is 122 Å². The van der Waals surface area contributed by atoms with Gasteiger partial charge >= 0.3 is 6.18 Å². The highest BCUT2D eigenvalue weighted by Crippen LogP contribution is 2.38. The zero-order valence-electron chi connectivity index (χ0n) is 11.7. The number of benzene rings is 2. The van der Waals surface area contributed by atoms with Crippen LogP contribution in [0.25, 0.3) is 11.1 Å². The van der Waals surface area contributed by atoms with Crippen molar-refractivity contribution >= 4 is 0 Å². The Hall–Kier alpha value is -1.81. The van der Waals surface area contributed by atoms with E-state index in [0.717, 1.165) is 6.07 Å². The first-order chi connectivity index (χ1) is 9.93. The van der Waals surface area contributed by atoms with E-state index in [1.165, 1.54) is 6.07 Å². The summed E-state index contributed by atoms with van der Waals surface area (Å²) in [7, 11) is 0. The summed E-state index contributed by atoms with van der Waals surface area (Å²) in [5, 5.41) is 9.90. The van der Waals surface area contributed by atoms with Gasteiger partial charge in [-0.3, -0.25) is 0 Å². The van der Waals surface area contributed by atoms with Crippen molar-refractivity contribution in [3.8, 4) is 11.1 Å². The van der Waals surface area contributed by atoms with Crippen molar-refractivity contribution in [3.63, 3.8) is 0 Å². The van der Waals surface area contributed by atoms with Crippen LogP contribution < -0.4 is 0 Å². The van der Waals surface area contributed by atoms with E-state index in [0.29, 0.717) is 24.0 Å². The highest BCUT2D eigenvalue weighted by Gasteiger charge is 2.34. The molecular formula is C17H17F3O. The van der Waals surface area contributed by atoms with Crippen LogP contribution in [0.15, 0.2) is 48.5 Å². The van der Waals surface area contributed by atoms with Gasteiger partial charge in [-0.15, -0.1) is 0 Å². The summed E-state index contributed by atoms with van der Waals surface area (Å²) in [6.45, 7) is 1.88. The zero-order chi connectivity index (χ0) is 15.5. The molecule has 112 valence electrons. The standard InChI is InChI=1S/C17H17F3O/c1-2-6-16(21)13-9-10-14(12-7-4-3-5-8-12)15(11-13)17(18,19)20/h3-5,7-11,16,21H,2,6H2,1H3. The molecule has 4 heteroatoms. The van der Waals surface area contributed by atoms with Crippen LogP contribution in [0.3, 0.4) is 0 Å². The molecule has 1 atom stereocenters. The van der Waals surface area contributed by atoms with Crippen molar-refractivity contribution in [3.05, 3.63) is 59.7 Å². The maximum atomic E-state index is 13.3. The second-order valence-electron chi connectivity index (χ2n) is 4.97. The average molecular weight is 294 g/mol. The third kappa shape index (κ3) is 3.64. The van der Waals surface area contributed by atoms with Crippen LogP contribution in [-0.2, 0) is 6.18 Å². The van der Waals surface area contributed by atoms with Crippen molar-refractivity contribution in [2.24, 2.45) is 0 Å². The van der Waals surface area contributed by atoms with Gasteiger partial charge in [-0.25, -0.2) is 0 Å². The Bertz CT molecular complexity index is 591. The third-order valence-electron chi connectivity index (χ3n) is 3.38. The first-order valence-corrected chi connectivity index (χ1v) is 6.88. The van der Waals surface area contributed by atoms with Gasteiger partial charge in [-0.05, 0) is 29.2 Å². The molecule has 2 rings (SSSR count). The minimum absolute atomic E-state index is 0.135. The Morgan fingerprint density at radius 1 is 1.05 bits per heavy atom. The summed E-state index contributed by atoms with van der Waals surface area (Å²) in [6.07, 6.45) is -4.15. The third-order valence-corrected chi connectivity index (χ3v) is 3.38. The molecular weight excluding hydrogens is 277 g/mol. The molecule has 2 aromatic carbocycles. The average Bonchev–Trinajstić information content (AvgIpc) is 2.47. The quantitative estimate of drug-likeness (QED) is 0.821. The summed E-state index contributed by atoms with van der Waals surface area (Å²) in [5.41, 5.74) is 0.252. The van der Waals surface area contributed by atoms with E-state index in [4.69, 9.17) is 0 Å². The molecule has 0 aliphatic carbocycles. The van der Waals surface area contributed by atoms with Gasteiger partial charge in [0.2, 0.25) is 0 Å². The number of rotatable bonds is 4. The topological polar surface area (TPSA) is 20.2 Å². The summed E-state index contributed by atoms with van der Waals surface area (Å²) in [6, 6.07) is 12.5. The van der Waals surface area contributed by atoms with Crippen molar-refractivity contribution in [2.45, 2.75) is 32.0 Å². The summed E-state index contributed by atoms with van der Waals surface area (Å²) < 4.78 is 39.8. The van der Waals surface area contributed by atoms with Gasteiger partial charge < -0.3 is 5.11 Å². The normalized spacial score (nSPS) is 13.2. The van der Waals surface area contributed by atoms with E-state index in [-0.39, 0.29) is 5.56 Å². The smallest absolute Gasteiger partial charge is 0.388 e. The fourth-order valence-electron chi connectivity index (χ4n) is 2.31. The van der Waals surface area contributed by atoms with Gasteiger partial charge in [0.25, 0.3) is 0 Å². The maximum Gasteiger partial charge on any atom is 0.417 e. The molecule has 0 fully saturated rings. The summed E-state index contributed by atoms with van der Waals surface area (Å²) in [4.78, 5) is 0. The molecule has 2 aromatic rings. The Morgan fingerprint density at radius 2 is 1.71 bits per heavy atom. The lowest BCUT2D eigenvalue weighted by Gasteiger charge is -2.17. The number of hydrogen-bond donors (Lipinski definition) is 1. The van der Waals surface area contributed by atoms with Crippen molar-refractivity contribution in [2.75, 3.05) is 0 Å². The minimum Gasteiger partial charge on any atom is -0.388 e. The molecule has 0 bridgehead atoms. The van der Waals surface area contributed by atoms with Gasteiger partial charge in [0.15, 0.2) is 0 Å². The molecule has 0 spiro atoms. The van der Waals surface area contributed by atoms with Crippen LogP contribution in [0, 0.1) is 0 Å². The molecule has 1 nitrogen and oxygen atoms in total. The minimum atomic E-state index is -4.45. The second-order valence-corrected chi connectivity index (χ2v) is 4.97. The summed E-state index contributed by atoms with van der Waals surface area (Å²) in [5.74, 6) is 0. The Kier molecular flexibility index (Phi) is 4.68. The highest BCUT2D eigenvalue weighted by molar-refractivity contribution is 5.68. The van der Waals surface area contributed by atoms with Gasteiger partial charge in [-0.2, -0.15) is 13.2 Å². The fraction of sp³-hybridized carbons (Fsp3) is 0.294. The SMILES string of the molecule is CCCC(O)c1ccc(-c2ccccc2)c(C(F)(F)F)c1. The van der Waals surface area contributed by atoms with E-state index >= 15 is 0 Å². The van der Waals surface area contributed by atoms with E-state index in [1.807, 2.05) is 6.92 Å². The summed E-state index contributed by atoms with van der Waals surface area (Å²) >= 11 is 0. The maximum absolute atomic E-state index is 13.3. The van der Waals surface area contributed by atoms with E-state index in [2.05, 4.69) is 0 Å². The number of aliphatic hydroxyl groups is 1. The highest BCUT2D eigenvalue weighted by atomic mass is 19.4. The molecule has 0 saturated heterocycles. The first kappa shape index (κ1) is 15.6. The number of hydrogen-bond acceptors (Lipinski definition) is 1. The molecule has 0 amide bonds. The fourth-order valence-corrected chi connectivity index (χ4v) is 2.31. The zero-order valence-corrected chi connectivity index (χ0v) is 11.7. The molecule has 1 N–H and O–H groups in total. The van der Waals surface area contributed by atoms with Gasteiger partial charge in [0, 0.05) is 0 Å². The van der Waals surface area contributed by atoms with Crippen molar-refractivity contribution in [1.82, 2.24) is 0 Å². The predicted molar refractivity (Wildman–Crippen MR) is 76.7 cm³/mol. The van der Waals surface area contributed by atoms with Crippen LogP contribution in [0.5, 0.6) is 0 Å². The second kappa shape index (κ2) is 6.31. The van der Waals surface area contributed by atoms with Crippen LogP contribution in [0.2, 0.25) is 0 Å². The van der Waals surface area contributed by atoms with Gasteiger partial charge in [-0.1, -0.05) is 55.8 Å². The number of halogens is 3. The number of aliphatic hydroxyl groups excluding tert-OH is 1. The molecule has 0 aromatic heterocycles. The molecule has 0 aliphatic rings. The first-order valence-electron chi connectivity index (χ1n) is 6.88. The molecule has 21 heavy (non-hydrogen) atoms. The lowest BCUT2D eigenvalue weighted by Crippen LogP contribution is -2.09. The lowest BCUT2D eigenvalue weighted by molar-refractivity contribution is -0.137. The number of alkyl halides is 3. The van der Waals surface area contributed by atoms with Crippen LogP contribution >= 0.6 is 0 Å². The van der Waals surface area contributed by atoms with Crippen LogP contribution in [0.1, 0.15) is 37.0 Å². The predicted octanol–water partition coefficient (Wildman–Crippen LogP) is 5.21. The molecule has 0 saturated carbocycles. The van der Waals surface area contributed by atoms with Gasteiger partial charge in [0.1, 0.15) is 0 Å². The molecule has 1 unspecified atom stereocenters. The van der Waals surface area contributed by atoms with Crippen molar-refractivity contribution in [1.29, 1.82) is 0 Å². The van der Waals surface area contributed by atoms with E-state index < -0.39 is 17.8 Å². The van der Waals surface area contributed by atoms with Gasteiger partial charge in [0.05, 0.1) is 11.7 Å². The Balaban J connectivity index is 2.52. The molecule has 0 aliphatic heterocycles. The van der Waals surface area contributed by atoms with Crippen molar-refractivity contribution < 1.29 is 18.3 Å². The van der Waals surface area contributed by atoms with E-state index in [1.54, 1.807) is 36.4 Å². The van der Waals surface area contributed by atoms with E-state index in [9.17, 15) is 18.3 Å². The monoisotopic (exact) mass is 294 g/mol. The largest absolute Gasteiger partial charge is 0.417 e. The lowest BCUT2D eigenvalue weighted by atomic mass is 9.94. The van der Waals surface area contributed by atoms with Crippen LogP contribution in [0.4, 0.5) is 13.2 Å². The Morgan fingerprint density at radius 3 is 2.29 bits per heavy atom.